The van der Waals surface area contributed by atoms with Crippen molar-refractivity contribution in [2.45, 2.75) is 19.8 Å². The molecule has 1 aromatic carbocycles. The number of rotatable bonds is 8. The van der Waals surface area contributed by atoms with Crippen LogP contribution in [0.3, 0.4) is 0 Å². The monoisotopic (exact) mass is 477 g/mol. The van der Waals surface area contributed by atoms with Crippen LogP contribution in [0.2, 0.25) is 5.02 Å². The molecule has 1 aromatic heterocycles. The molecule has 1 fully saturated rings. The predicted molar refractivity (Wildman–Crippen MR) is 118 cm³/mol. The molecule has 5 amide bonds. The van der Waals surface area contributed by atoms with E-state index in [0.717, 1.165) is 22.7 Å². The SMILES string of the molecule is CCCCN1C(=O)C(=O)N(CC(=O)Nc2scc(-c3ccccc3Cl)c2C(=O)OC)C1=O. The van der Waals surface area contributed by atoms with Crippen LogP contribution in [-0.4, -0.2) is 59.7 Å². The third-order valence-electron chi connectivity index (χ3n) is 4.77. The van der Waals surface area contributed by atoms with Crippen molar-refractivity contribution in [3.63, 3.8) is 0 Å². The van der Waals surface area contributed by atoms with Gasteiger partial charge in [-0.2, -0.15) is 0 Å². The number of nitrogens with one attached hydrogen (secondary N) is 1. The Bertz CT molecular complexity index is 1100. The second-order valence-corrected chi connectivity index (χ2v) is 8.14. The molecular formula is C21H20ClN3O6S. The van der Waals surface area contributed by atoms with Crippen LogP contribution >= 0.6 is 22.9 Å². The molecule has 0 aliphatic carbocycles. The summed E-state index contributed by atoms with van der Waals surface area (Å²) in [6, 6.07) is 6.05. The quantitative estimate of drug-likeness (QED) is 0.354. The van der Waals surface area contributed by atoms with E-state index in [1.54, 1.807) is 29.6 Å². The van der Waals surface area contributed by atoms with Crippen LogP contribution in [0.5, 0.6) is 0 Å². The molecule has 1 N–H and O–H groups in total. The number of anilines is 1. The maximum atomic E-state index is 12.6. The first-order valence-electron chi connectivity index (χ1n) is 9.72. The maximum absolute atomic E-state index is 12.6. The number of unbranched alkanes of at least 4 members (excludes halogenated alkanes) is 1. The third kappa shape index (κ3) is 4.51. The Hall–Kier alpha value is -3.24. The van der Waals surface area contributed by atoms with Crippen LogP contribution in [0.4, 0.5) is 9.80 Å². The van der Waals surface area contributed by atoms with Crippen molar-refractivity contribution in [3.8, 4) is 11.1 Å². The van der Waals surface area contributed by atoms with Crippen molar-refractivity contribution in [1.82, 2.24) is 9.80 Å². The number of carbonyl (C=O) groups excluding carboxylic acids is 5. The molecule has 32 heavy (non-hydrogen) atoms. The number of urea groups is 1. The van der Waals surface area contributed by atoms with Gasteiger partial charge >= 0.3 is 23.8 Å². The predicted octanol–water partition coefficient (Wildman–Crippen LogP) is 3.38. The Balaban J connectivity index is 1.82. The largest absolute Gasteiger partial charge is 0.465 e. The van der Waals surface area contributed by atoms with Gasteiger partial charge in [0, 0.05) is 28.1 Å². The molecule has 0 atom stereocenters. The van der Waals surface area contributed by atoms with Gasteiger partial charge in [-0.25, -0.2) is 14.5 Å². The molecule has 0 radical (unpaired) electrons. The fourth-order valence-corrected chi connectivity index (χ4v) is 4.35. The molecule has 0 unspecified atom stereocenters. The standard InChI is InChI=1S/C21H20ClN3O6S/c1-3-4-9-24-18(27)19(28)25(21(24)30)10-15(26)23-17-16(20(29)31-2)13(11-32-17)12-7-5-6-8-14(12)22/h5-8,11H,3-4,9-10H2,1-2H3,(H,23,26). The van der Waals surface area contributed by atoms with Gasteiger partial charge in [-0.3, -0.25) is 19.3 Å². The number of benzene rings is 1. The minimum absolute atomic E-state index is 0.0960. The molecule has 0 saturated carbocycles. The summed E-state index contributed by atoms with van der Waals surface area (Å²) >= 11 is 7.32. The first-order chi connectivity index (χ1) is 15.3. The normalized spacial score (nSPS) is 13.7. The molecular weight excluding hydrogens is 458 g/mol. The number of imide groups is 2. The van der Waals surface area contributed by atoms with Crippen molar-refractivity contribution < 1.29 is 28.7 Å². The number of ether oxygens (including phenoxy) is 1. The first-order valence-corrected chi connectivity index (χ1v) is 11.0. The van der Waals surface area contributed by atoms with Gasteiger partial charge in [0.2, 0.25) is 5.91 Å². The topological polar surface area (TPSA) is 113 Å². The number of carbonyl (C=O) groups is 5. The van der Waals surface area contributed by atoms with Crippen LogP contribution < -0.4 is 5.32 Å². The summed E-state index contributed by atoms with van der Waals surface area (Å²) in [4.78, 5) is 63.1. The van der Waals surface area contributed by atoms with E-state index in [9.17, 15) is 24.0 Å². The molecule has 168 valence electrons. The highest BCUT2D eigenvalue weighted by molar-refractivity contribution is 7.15. The Labute approximate surface area is 192 Å². The summed E-state index contributed by atoms with van der Waals surface area (Å²) in [5.41, 5.74) is 1.14. The van der Waals surface area contributed by atoms with Crippen molar-refractivity contribution in [2.24, 2.45) is 0 Å². The molecule has 2 aromatic rings. The summed E-state index contributed by atoms with van der Waals surface area (Å²) in [6.45, 7) is 1.33. The van der Waals surface area contributed by atoms with E-state index in [1.807, 2.05) is 6.92 Å². The van der Waals surface area contributed by atoms with Crippen molar-refractivity contribution in [1.29, 1.82) is 0 Å². The number of hydrogen-bond donors (Lipinski definition) is 1. The van der Waals surface area contributed by atoms with E-state index < -0.39 is 36.3 Å². The average molecular weight is 478 g/mol. The molecule has 1 saturated heterocycles. The Morgan fingerprint density at radius 3 is 2.44 bits per heavy atom. The highest BCUT2D eigenvalue weighted by Gasteiger charge is 2.44. The zero-order valence-corrected chi connectivity index (χ0v) is 18.9. The summed E-state index contributed by atoms with van der Waals surface area (Å²) in [5.74, 6) is -3.44. The van der Waals surface area contributed by atoms with Gasteiger partial charge in [-0.15, -0.1) is 11.3 Å². The Morgan fingerprint density at radius 2 is 1.78 bits per heavy atom. The number of hydrogen-bond acceptors (Lipinski definition) is 7. The van der Waals surface area contributed by atoms with Gasteiger partial charge in [0.25, 0.3) is 0 Å². The van der Waals surface area contributed by atoms with E-state index in [1.165, 1.54) is 7.11 Å². The molecule has 1 aliphatic rings. The number of thiophene rings is 1. The minimum atomic E-state index is -1.06. The van der Waals surface area contributed by atoms with Crippen LogP contribution in [-0.2, 0) is 19.1 Å². The fourth-order valence-electron chi connectivity index (χ4n) is 3.15. The van der Waals surface area contributed by atoms with Gasteiger partial charge in [-0.05, 0) is 12.5 Å². The van der Waals surface area contributed by atoms with Crippen LogP contribution in [0.1, 0.15) is 30.1 Å². The highest BCUT2D eigenvalue weighted by Crippen LogP contribution is 2.39. The number of esters is 1. The molecule has 0 bridgehead atoms. The molecule has 0 spiro atoms. The number of nitrogens with zero attached hydrogens (tertiary/aromatic N) is 2. The molecule has 3 rings (SSSR count). The average Bonchev–Trinajstić information content (AvgIpc) is 3.27. The summed E-state index contributed by atoms with van der Waals surface area (Å²) in [5, 5.41) is 4.76. The minimum Gasteiger partial charge on any atom is -0.465 e. The lowest BCUT2D eigenvalue weighted by molar-refractivity contribution is -0.143. The summed E-state index contributed by atoms with van der Waals surface area (Å²) < 4.78 is 4.86. The molecule has 2 heterocycles. The summed E-state index contributed by atoms with van der Waals surface area (Å²) in [6.07, 6.45) is 1.28. The number of amides is 5. The zero-order chi connectivity index (χ0) is 23.4. The Kier molecular flexibility index (Phi) is 7.26. The van der Waals surface area contributed by atoms with E-state index >= 15 is 0 Å². The Morgan fingerprint density at radius 1 is 1.09 bits per heavy atom. The third-order valence-corrected chi connectivity index (χ3v) is 5.99. The van der Waals surface area contributed by atoms with Crippen LogP contribution in [0.25, 0.3) is 11.1 Å². The molecule has 9 nitrogen and oxygen atoms in total. The van der Waals surface area contributed by atoms with Gasteiger partial charge in [-0.1, -0.05) is 43.1 Å². The molecule has 11 heteroatoms. The second kappa shape index (κ2) is 9.92. The lowest BCUT2D eigenvalue weighted by Gasteiger charge is -2.15. The van der Waals surface area contributed by atoms with Gasteiger partial charge in [0.05, 0.1) is 7.11 Å². The number of halogens is 1. The van der Waals surface area contributed by atoms with Crippen LogP contribution in [0, 0.1) is 0 Å². The maximum Gasteiger partial charge on any atom is 0.341 e. The van der Waals surface area contributed by atoms with E-state index in [-0.39, 0.29) is 17.1 Å². The number of methoxy groups -OCH3 is 1. The second-order valence-electron chi connectivity index (χ2n) is 6.86. The lowest BCUT2D eigenvalue weighted by atomic mass is 10.0. The van der Waals surface area contributed by atoms with Crippen molar-refractivity contribution >= 4 is 57.7 Å². The van der Waals surface area contributed by atoms with E-state index in [4.69, 9.17) is 16.3 Å². The zero-order valence-electron chi connectivity index (χ0n) is 17.3. The van der Waals surface area contributed by atoms with E-state index in [2.05, 4.69) is 5.32 Å². The summed E-state index contributed by atoms with van der Waals surface area (Å²) in [7, 11) is 1.21. The van der Waals surface area contributed by atoms with Gasteiger partial charge in [0.1, 0.15) is 17.1 Å². The van der Waals surface area contributed by atoms with E-state index in [0.29, 0.717) is 27.5 Å². The van der Waals surface area contributed by atoms with Gasteiger partial charge in [0.15, 0.2) is 0 Å². The highest BCUT2D eigenvalue weighted by atomic mass is 35.5. The molecule has 1 aliphatic heterocycles. The fraction of sp³-hybridized carbons (Fsp3) is 0.286. The van der Waals surface area contributed by atoms with Crippen molar-refractivity contribution in [2.75, 3.05) is 25.5 Å². The smallest absolute Gasteiger partial charge is 0.341 e. The van der Waals surface area contributed by atoms with Crippen molar-refractivity contribution in [3.05, 3.63) is 40.2 Å². The lowest BCUT2D eigenvalue weighted by Crippen LogP contribution is -2.39. The van der Waals surface area contributed by atoms with Crippen LogP contribution in [0.15, 0.2) is 29.6 Å². The van der Waals surface area contributed by atoms with Gasteiger partial charge < -0.3 is 10.1 Å². The first kappa shape index (κ1) is 23.4.